The molecule has 1 heterocycles. The van der Waals surface area contributed by atoms with Crippen LogP contribution in [0.2, 0.25) is 0 Å². The van der Waals surface area contributed by atoms with E-state index in [0.29, 0.717) is 6.10 Å². The van der Waals surface area contributed by atoms with Crippen LogP contribution < -0.4 is 5.73 Å². The molecule has 2 N–H and O–H groups in total. The van der Waals surface area contributed by atoms with Crippen molar-refractivity contribution >= 4 is 0 Å². The Labute approximate surface area is 126 Å². The van der Waals surface area contributed by atoms with Crippen LogP contribution in [0.4, 0.5) is 0 Å². The molecule has 0 aromatic carbocycles. The van der Waals surface area contributed by atoms with Gasteiger partial charge in [0.1, 0.15) is 0 Å². The summed E-state index contributed by atoms with van der Waals surface area (Å²) >= 11 is 0. The highest BCUT2D eigenvalue weighted by Crippen LogP contribution is 2.31. The normalized spacial score (nSPS) is 25.4. The average Bonchev–Trinajstić information content (AvgIpc) is 2.50. The third-order valence-electron chi connectivity index (χ3n) is 5.07. The third-order valence-corrected chi connectivity index (χ3v) is 5.07. The molecule has 0 radical (unpaired) electrons. The Balaban J connectivity index is 2.69. The molecule has 1 aliphatic heterocycles. The van der Waals surface area contributed by atoms with E-state index in [2.05, 4.69) is 32.6 Å². The molecule has 3 atom stereocenters. The van der Waals surface area contributed by atoms with Crippen LogP contribution in [0.15, 0.2) is 0 Å². The van der Waals surface area contributed by atoms with Gasteiger partial charge in [-0.2, -0.15) is 0 Å². The van der Waals surface area contributed by atoms with Gasteiger partial charge < -0.3 is 10.5 Å². The summed E-state index contributed by atoms with van der Waals surface area (Å²) in [5.74, 6) is 0.746. The number of hydrogen-bond acceptors (Lipinski definition) is 3. The maximum atomic E-state index is 6.22. The standard InChI is InChI=1S/C17H36N2O/c1-5-11-20-16-9-8-10-19(13-16)17(7-3,14-18)12-15(4)6-2/h15-16H,5-14,18H2,1-4H3. The summed E-state index contributed by atoms with van der Waals surface area (Å²) in [7, 11) is 0. The van der Waals surface area contributed by atoms with E-state index in [-0.39, 0.29) is 5.54 Å². The minimum Gasteiger partial charge on any atom is -0.377 e. The van der Waals surface area contributed by atoms with Gasteiger partial charge in [0.05, 0.1) is 6.10 Å². The van der Waals surface area contributed by atoms with E-state index in [4.69, 9.17) is 10.5 Å². The number of hydrogen-bond donors (Lipinski definition) is 1. The molecule has 0 amide bonds. The fourth-order valence-corrected chi connectivity index (χ4v) is 3.44. The van der Waals surface area contributed by atoms with Crippen LogP contribution in [0.1, 0.15) is 66.2 Å². The molecular weight excluding hydrogens is 248 g/mol. The van der Waals surface area contributed by atoms with Crippen molar-refractivity contribution in [3.63, 3.8) is 0 Å². The van der Waals surface area contributed by atoms with Crippen molar-refractivity contribution in [2.24, 2.45) is 11.7 Å². The van der Waals surface area contributed by atoms with Gasteiger partial charge in [-0.05, 0) is 44.6 Å². The minimum absolute atomic E-state index is 0.184. The van der Waals surface area contributed by atoms with Crippen LogP contribution in [0.5, 0.6) is 0 Å². The molecule has 0 bridgehead atoms. The second kappa shape index (κ2) is 9.01. The Morgan fingerprint density at radius 3 is 2.65 bits per heavy atom. The molecule has 3 heteroatoms. The van der Waals surface area contributed by atoms with Crippen molar-refractivity contribution in [3.8, 4) is 0 Å². The number of nitrogens with two attached hydrogens (primary N) is 1. The van der Waals surface area contributed by atoms with Gasteiger partial charge in [-0.25, -0.2) is 0 Å². The predicted octanol–water partition coefficient (Wildman–Crippen LogP) is 3.42. The van der Waals surface area contributed by atoms with Crippen LogP contribution in [0.3, 0.4) is 0 Å². The summed E-state index contributed by atoms with van der Waals surface area (Å²) < 4.78 is 6.00. The molecule has 0 aliphatic carbocycles. The van der Waals surface area contributed by atoms with Crippen molar-refractivity contribution < 1.29 is 4.74 Å². The van der Waals surface area contributed by atoms with Gasteiger partial charge in [-0.1, -0.05) is 34.1 Å². The minimum atomic E-state index is 0.184. The summed E-state index contributed by atoms with van der Waals surface area (Å²) in [5.41, 5.74) is 6.40. The molecule has 3 nitrogen and oxygen atoms in total. The van der Waals surface area contributed by atoms with E-state index in [9.17, 15) is 0 Å². The topological polar surface area (TPSA) is 38.5 Å². The quantitative estimate of drug-likeness (QED) is 0.705. The smallest absolute Gasteiger partial charge is 0.0702 e. The first kappa shape index (κ1) is 17.9. The molecule has 1 fully saturated rings. The molecule has 0 aromatic heterocycles. The Kier molecular flexibility index (Phi) is 8.08. The lowest BCUT2D eigenvalue weighted by atomic mass is 9.81. The summed E-state index contributed by atoms with van der Waals surface area (Å²) in [6.45, 7) is 13.0. The van der Waals surface area contributed by atoms with E-state index < -0.39 is 0 Å². The first-order valence-electron chi connectivity index (χ1n) is 8.68. The van der Waals surface area contributed by atoms with Gasteiger partial charge in [-0.15, -0.1) is 0 Å². The second-order valence-corrected chi connectivity index (χ2v) is 6.58. The lowest BCUT2D eigenvalue weighted by molar-refractivity contribution is -0.0437. The Morgan fingerprint density at radius 1 is 1.35 bits per heavy atom. The first-order valence-corrected chi connectivity index (χ1v) is 8.68. The molecule has 1 rings (SSSR count). The maximum absolute atomic E-state index is 6.22. The number of ether oxygens (including phenoxy) is 1. The molecule has 1 saturated heterocycles. The summed E-state index contributed by atoms with van der Waals surface area (Å²) in [5, 5.41) is 0. The highest BCUT2D eigenvalue weighted by Gasteiger charge is 2.37. The number of piperidine rings is 1. The first-order chi connectivity index (χ1) is 9.61. The van der Waals surface area contributed by atoms with E-state index in [1.807, 2.05) is 0 Å². The molecule has 120 valence electrons. The molecule has 1 aliphatic rings. The molecule has 0 aromatic rings. The monoisotopic (exact) mass is 284 g/mol. The SMILES string of the molecule is CCCOC1CCCN(C(CC)(CN)CC(C)CC)C1. The Bertz CT molecular complexity index is 253. The highest BCUT2D eigenvalue weighted by atomic mass is 16.5. The molecular formula is C17H36N2O. The summed E-state index contributed by atoms with van der Waals surface area (Å²) in [6, 6.07) is 0. The number of rotatable bonds is 9. The summed E-state index contributed by atoms with van der Waals surface area (Å²) in [6.07, 6.45) is 7.59. The van der Waals surface area contributed by atoms with Crippen LogP contribution in [-0.4, -0.2) is 42.8 Å². The van der Waals surface area contributed by atoms with Crippen molar-refractivity contribution in [2.45, 2.75) is 77.9 Å². The van der Waals surface area contributed by atoms with Crippen LogP contribution in [0.25, 0.3) is 0 Å². The molecule has 0 saturated carbocycles. The molecule has 3 unspecified atom stereocenters. The highest BCUT2D eigenvalue weighted by molar-refractivity contribution is 4.94. The van der Waals surface area contributed by atoms with Crippen LogP contribution >= 0.6 is 0 Å². The van der Waals surface area contributed by atoms with Gasteiger partial charge in [0.25, 0.3) is 0 Å². The zero-order valence-electron chi connectivity index (χ0n) is 14.2. The van der Waals surface area contributed by atoms with Gasteiger partial charge in [0, 0.05) is 25.2 Å². The van der Waals surface area contributed by atoms with E-state index >= 15 is 0 Å². The van der Waals surface area contributed by atoms with Crippen molar-refractivity contribution in [3.05, 3.63) is 0 Å². The maximum Gasteiger partial charge on any atom is 0.0702 e. The van der Waals surface area contributed by atoms with E-state index in [0.717, 1.165) is 38.5 Å². The van der Waals surface area contributed by atoms with Crippen LogP contribution in [0, 0.1) is 5.92 Å². The van der Waals surface area contributed by atoms with Gasteiger partial charge >= 0.3 is 0 Å². The fraction of sp³-hybridized carbons (Fsp3) is 1.00. The summed E-state index contributed by atoms with van der Waals surface area (Å²) in [4.78, 5) is 2.64. The van der Waals surface area contributed by atoms with E-state index in [1.165, 1.54) is 32.2 Å². The number of likely N-dealkylation sites (tertiary alicyclic amines) is 1. The lowest BCUT2D eigenvalue weighted by Crippen LogP contribution is -2.58. The Hall–Kier alpha value is -0.120. The van der Waals surface area contributed by atoms with Crippen molar-refractivity contribution in [1.29, 1.82) is 0 Å². The zero-order chi connectivity index (χ0) is 15.0. The predicted molar refractivity (Wildman–Crippen MR) is 87.0 cm³/mol. The number of nitrogens with zero attached hydrogens (tertiary/aromatic N) is 1. The van der Waals surface area contributed by atoms with Crippen LogP contribution in [-0.2, 0) is 4.74 Å². The van der Waals surface area contributed by atoms with E-state index in [1.54, 1.807) is 0 Å². The Morgan fingerprint density at radius 2 is 2.10 bits per heavy atom. The van der Waals surface area contributed by atoms with Crippen molar-refractivity contribution in [2.75, 3.05) is 26.2 Å². The lowest BCUT2D eigenvalue weighted by Gasteiger charge is -2.48. The average molecular weight is 284 g/mol. The third kappa shape index (κ3) is 4.71. The molecule has 0 spiro atoms. The van der Waals surface area contributed by atoms with Gasteiger partial charge in [0.15, 0.2) is 0 Å². The zero-order valence-corrected chi connectivity index (χ0v) is 14.2. The van der Waals surface area contributed by atoms with Gasteiger partial charge in [-0.3, -0.25) is 4.90 Å². The fourth-order valence-electron chi connectivity index (χ4n) is 3.44. The largest absolute Gasteiger partial charge is 0.377 e. The van der Waals surface area contributed by atoms with Gasteiger partial charge in [0.2, 0.25) is 0 Å². The molecule has 20 heavy (non-hydrogen) atoms. The second-order valence-electron chi connectivity index (χ2n) is 6.58. The van der Waals surface area contributed by atoms with Crippen molar-refractivity contribution in [1.82, 2.24) is 4.90 Å².